The highest BCUT2D eigenvalue weighted by molar-refractivity contribution is 6.32. The summed E-state index contributed by atoms with van der Waals surface area (Å²) in [6.07, 6.45) is 3.76. The van der Waals surface area contributed by atoms with Gasteiger partial charge in [-0.05, 0) is 18.4 Å². The second-order valence-electron chi connectivity index (χ2n) is 3.97. The Balaban J connectivity index is 1.97. The van der Waals surface area contributed by atoms with Crippen LogP contribution < -0.4 is 4.74 Å². The maximum Gasteiger partial charge on any atom is 0.143 e. The molecule has 0 bridgehead atoms. The molecule has 1 aromatic rings. The Morgan fingerprint density at radius 2 is 2.20 bits per heavy atom. The van der Waals surface area contributed by atoms with E-state index in [1.165, 1.54) is 12.8 Å². The lowest BCUT2D eigenvalue weighted by Crippen LogP contribution is -2.01. The molecule has 1 aliphatic carbocycles. The van der Waals surface area contributed by atoms with Gasteiger partial charge in [0.25, 0.3) is 0 Å². The summed E-state index contributed by atoms with van der Waals surface area (Å²) in [5.41, 5.74) is 0.762. The van der Waals surface area contributed by atoms with Crippen molar-refractivity contribution in [1.29, 1.82) is 0 Å². The predicted molar refractivity (Wildman–Crippen MR) is 60.2 cm³/mol. The van der Waals surface area contributed by atoms with Gasteiger partial charge < -0.3 is 9.84 Å². The van der Waals surface area contributed by atoms with Crippen LogP contribution in [0.2, 0.25) is 5.02 Å². The number of aliphatic hydroxyl groups is 1. The number of rotatable bonds is 5. The van der Waals surface area contributed by atoms with E-state index in [1.807, 2.05) is 12.1 Å². The third-order valence-corrected chi connectivity index (χ3v) is 2.99. The van der Waals surface area contributed by atoms with Gasteiger partial charge in [0.15, 0.2) is 0 Å². The van der Waals surface area contributed by atoms with Crippen LogP contribution in [0, 0.1) is 5.92 Å². The molecule has 0 spiro atoms. The van der Waals surface area contributed by atoms with Gasteiger partial charge in [0.1, 0.15) is 5.75 Å². The molecule has 0 heterocycles. The first kappa shape index (κ1) is 10.8. The van der Waals surface area contributed by atoms with Crippen LogP contribution >= 0.6 is 11.6 Å². The third kappa shape index (κ3) is 2.86. The summed E-state index contributed by atoms with van der Waals surface area (Å²) in [5.74, 6) is 1.49. The van der Waals surface area contributed by atoms with E-state index in [4.69, 9.17) is 21.4 Å². The molecule has 1 fully saturated rings. The van der Waals surface area contributed by atoms with Gasteiger partial charge in [-0.1, -0.05) is 36.6 Å². The Hall–Kier alpha value is -0.730. The van der Waals surface area contributed by atoms with E-state index in [2.05, 4.69) is 0 Å². The van der Waals surface area contributed by atoms with E-state index in [9.17, 15) is 0 Å². The van der Waals surface area contributed by atoms with Gasteiger partial charge >= 0.3 is 0 Å². The molecule has 2 rings (SSSR count). The Morgan fingerprint density at radius 3 is 2.87 bits per heavy atom. The van der Waals surface area contributed by atoms with Crippen molar-refractivity contribution in [2.24, 2.45) is 5.92 Å². The number of halogens is 1. The van der Waals surface area contributed by atoms with Crippen molar-refractivity contribution in [2.75, 3.05) is 6.61 Å². The van der Waals surface area contributed by atoms with Gasteiger partial charge in [-0.25, -0.2) is 0 Å². The zero-order chi connectivity index (χ0) is 10.7. The van der Waals surface area contributed by atoms with E-state index < -0.39 is 0 Å². The fraction of sp³-hybridized carbons (Fsp3) is 0.500. The van der Waals surface area contributed by atoms with Gasteiger partial charge in [0.2, 0.25) is 0 Å². The van der Waals surface area contributed by atoms with Crippen LogP contribution in [0.4, 0.5) is 0 Å². The molecular weight excluding hydrogens is 212 g/mol. The number of hydrogen-bond acceptors (Lipinski definition) is 2. The van der Waals surface area contributed by atoms with E-state index in [0.717, 1.165) is 17.9 Å². The summed E-state index contributed by atoms with van der Waals surface area (Å²) >= 11 is 6.00. The second-order valence-corrected chi connectivity index (χ2v) is 4.37. The van der Waals surface area contributed by atoms with E-state index >= 15 is 0 Å². The molecule has 0 saturated heterocycles. The third-order valence-electron chi connectivity index (χ3n) is 2.69. The average molecular weight is 227 g/mol. The Kier molecular flexibility index (Phi) is 3.49. The standard InChI is InChI=1S/C12H15ClO2/c13-11-3-1-2-10(8-14)12(11)15-7-6-9-4-5-9/h1-3,9,14H,4-8H2. The van der Waals surface area contributed by atoms with Crippen LogP contribution in [-0.2, 0) is 6.61 Å². The fourth-order valence-electron chi connectivity index (χ4n) is 1.57. The first-order valence-corrected chi connectivity index (χ1v) is 5.70. The summed E-state index contributed by atoms with van der Waals surface area (Å²) in [7, 11) is 0. The van der Waals surface area contributed by atoms with Crippen LogP contribution in [0.3, 0.4) is 0 Å². The van der Waals surface area contributed by atoms with Crippen LogP contribution in [0.1, 0.15) is 24.8 Å². The molecule has 1 saturated carbocycles. The van der Waals surface area contributed by atoms with Gasteiger partial charge in [0, 0.05) is 5.56 Å². The van der Waals surface area contributed by atoms with Crippen molar-refractivity contribution in [3.8, 4) is 5.75 Å². The number of aliphatic hydroxyl groups excluding tert-OH is 1. The van der Waals surface area contributed by atoms with Crippen molar-refractivity contribution in [3.63, 3.8) is 0 Å². The Morgan fingerprint density at radius 1 is 1.40 bits per heavy atom. The number of benzene rings is 1. The van der Waals surface area contributed by atoms with Crippen LogP contribution in [0.15, 0.2) is 18.2 Å². The number of ether oxygens (including phenoxy) is 1. The minimum atomic E-state index is -0.0285. The topological polar surface area (TPSA) is 29.5 Å². The molecule has 1 aliphatic rings. The van der Waals surface area contributed by atoms with Gasteiger partial charge in [-0.3, -0.25) is 0 Å². The summed E-state index contributed by atoms with van der Waals surface area (Å²) in [6.45, 7) is 0.667. The summed E-state index contributed by atoms with van der Waals surface area (Å²) < 4.78 is 5.62. The first-order chi connectivity index (χ1) is 7.31. The zero-order valence-electron chi connectivity index (χ0n) is 8.58. The van der Waals surface area contributed by atoms with Crippen molar-refractivity contribution in [2.45, 2.75) is 25.9 Å². The molecule has 3 heteroatoms. The van der Waals surface area contributed by atoms with Crippen molar-refractivity contribution < 1.29 is 9.84 Å². The molecule has 0 aliphatic heterocycles. The molecule has 0 amide bonds. The molecule has 0 aromatic heterocycles. The summed E-state index contributed by atoms with van der Waals surface area (Å²) in [6, 6.07) is 5.44. The largest absolute Gasteiger partial charge is 0.492 e. The fourth-order valence-corrected chi connectivity index (χ4v) is 1.82. The lowest BCUT2D eigenvalue weighted by molar-refractivity contribution is 0.259. The summed E-state index contributed by atoms with van der Waals surface area (Å²) in [4.78, 5) is 0. The molecule has 2 nitrogen and oxygen atoms in total. The van der Waals surface area contributed by atoms with Crippen molar-refractivity contribution in [1.82, 2.24) is 0 Å². The molecule has 0 radical (unpaired) electrons. The highest BCUT2D eigenvalue weighted by atomic mass is 35.5. The van der Waals surface area contributed by atoms with E-state index in [0.29, 0.717) is 17.4 Å². The maximum absolute atomic E-state index is 9.13. The predicted octanol–water partition coefficient (Wildman–Crippen LogP) is 3.01. The quantitative estimate of drug-likeness (QED) is 0.837. The number of hydrogen-bond donors (Lipinski definition) is 1. The Labute approximate surface area is 94.8 Å². The minimum absolute atomic E-state index is 0.0285. The SMILES string of the molecule is OCc1cccc(Cl)c1OCCC1CC1. The van der Waals surface area contributed by atoms with Gasteiger partial charge in [0.05, 0.1) is 18.2 Å². The van der Waals surface area contributed by atoms with Crippen LogP contribution in [0.25, 0.3) is 0 Å². The lowest BCUT2D eigenvalue weighted by Gasteiger charge is -2.11. The molecule has 0 atom stereocenters. The monoisotopic (exact) mass is 226 g/mol. The molecule has 1 aromatic carbocycles. The van der Waals surface area contributed by atoms with E-state index in [-0.39, 0.29) is 6.61 Å². The average Bonchev–Trinajstić information content (AvgIpc) is 3.04. The minimum Gasteiger partial charge on any atom is -0.492 e. The van der Waals surface area contributed by atoms with Crippen LogP contribution in [0.5, 0.6) is 5.75 Å². The Bertz CT molecular complexity index is 334. The van der Waals surface area contributed by atoms with E-state index in [1.54, 1.807) is 6.07 Å². The highest BCUT2D eigenvalue weighted by Gasteiger charge is 2.21. The maximum atomic E-state index is 9.13. The molecule has 15 heavy (non-hydrogen) atoms. The summed E-state index contributed by atoms with van der Waals surface area (Å²) in [5, 5.41) is 9.71. The molecule has 0 unspecified atom stereocenters. The van der Waals surface area contributed by atoms with Crippen molar-refractivity contribution >= 4 is 11.6 Å². The first-order valence-electron chi connectivity index (χ1n) is 5.32. The van der Waals surface area contributed by atoms with Crippen molar-refractivity contribution in [3.05, 3.63) is 28.8 Å². The van der Waals surface area contributed by atoms with Crippen LogP contribution in [-0.4, -0.2) is 11.7 Å². The zero-order valence-corrected chi connectivity index (χ0v) is 9.33. The lowest BCUT2D eigenvalue weighted by atomic mass is 10.2. The number of para-hydroxylation sites is 1. The smallest absolute Gasteiger partial charge is 0.143 e. The highest BCUT2D eigenvalue weighted by Crippen LogP contribution is 2.33. The van der Waals surface area contributed by atoms with Gasteiger partial charge in [-0.2, -0.15) is 0 Å². The van der Waals surface area contributed by atoms with Gasteiger partial charge in [-0.15, -0.1) is 0 Å². The molecular formula is C12H15ClO2. The molecule has 1 N–H and O–H groups in total. The normalized spacial score (nSPS) is 15.3. The second kappa shape index (κ2) is 4.86. The molecule has 82 valence electrons.